The number of hydrogen-bond acceptors (Lipinski definition) is 4. The summed E-state index contributed by atoms with van der Waals surface area (Å²) in [4.78, 5) is 28.2. The van der Waals surface area contributed by atoms with Crippen molar-refractivity contribution in [2.75, 3.05) is 19.6 Å². The Bertz CT molecular complexity index is 966. The second kappa shape index (κ2) is 7.56. The molecule has 3 aromatic rings. The highest BCUT2D eigenvalue weighted by atomic mass is 16.1. The van der Waals surface area contributed by atoms with Gasteiger partial charge >= 0.3 is 5.69 Å². The van der Waals surface area contributed by atoms with Gasteiger partial charge in [0.05, 0.1) is 23.5 Å². The van der Waals surface area contributed by atoms with Crippen LogP contribution in [0.15, 0.2) is 41.6 Å². The fourth-order valence-electron chi connectivity index (χ4n) is 5.03. The summed E-state index contributed by atoms with van der Waals surface area (Å²) in [6, 6.07) is 8.61. The van der Waals surface area contributed by atoms with Crippen LogP contribution in [-0.2, 0) is 6.54 Å². The predicted molar refractivity (Wildman–Crippen MR) is 109 cm³/mol. The Hall–Kier alpha value is -2.38. The van der Waals surface area contributed by atoms with E-state index in [1.165, 1.54) is 18.5 Å². The maximum Gasteiger partial charge on any atom is 0.327 e. The van der Waals surface area contributed by atoms with Crippen LogP contribution < -0.4 is 5.69 Å². The highest BCUT2D eigenvalue weighted by Crippen LogP contribution is 2.32. The van der Waals surface area contributed by atoms with Gasteiger partial charge in [-0.25, -0.2) is 9.78 Å². The molecular formula is C21H28N6O. The largest absolute Gasteiger partial charge is 0.347 e. The van der Waals surface area contributed by atoms with Crippen molar-refractivity contribution in [2.24, 2.45) is 0 Å². The van der Waals surface area contributed by atoms with Gasteiger partial charge in [0.2, 0.25) is 0 Å². The molecule has 0 saturated carbocycles. The number of fused-ring (bicyclic) bond motifs is 1. The Morgan fingerprint density at radius 3 is 2.75 bits per heavy atom. The maximum atomic E-state index is 12.8. The van der Waals surface area contributed by atoms with Gasteiger partial charge in [-0.15, -0.1) is 0 Å². The second-order valence-corrected chi connectivity index (χ2v) is 8.12. The van der Waals surface area contributed by atoms with E-state index in [2.05, 4.69) is 30.8 Å². The van der Waals surface area contributed by atoms with Crippen molar-refractivity contribution in [3.05, 3.63) is 53.0 Å². The van der Waals surface area contributed by atoms with Crippen molar-refractivity contribution >= 4 is 11.0 Å². The van der Waals surface area contributed by atoms with E-state index in [0.29, 0.717) is 6.04 Å². The number of aromatic nitrogens is 4. The number of hydrogen-bond donors (Lipinski definition) is 2. The van der Waals surface area contributed by atoms with Crippen LogP contribution >= 0.6 is 0 Å². The summed E-state index contributed by atoms with van der Waals surface area (Å²) in [6.07, 6.45) is 9.60. The van der Waals surface area contributed by atoms with Gasteiger partial charge in [-0.05, 0) is 44.2 Å². The molecule has 7 heteroatoms. The van der Waals surface area contributed by atoms with E-state index in [9.17, 15) is 4.79 Å². The minimum absolute atomic E-state index is 0.0229. The van der Waals surface area contributed by atoms with Crippen LogP contribution in [0.25, 0.3) is 11.0 Å². The fourth-order valence-corrected chi connectivity index (χ4v) is 5.03. The minimum Gasteiger partial charge on any atom is -0.347 e. The molecule has 1 unspecified atom stereocenters. The van der Waals surface area contributed by atoms with E-state index < -0.39 is 0 Å². The van der Waals surface area contributed by atoms with Crippen molar-refractivity contribution in [3.8, 4) is 0 Å². The van der Waals surface area contributed by atoms with Crippen LogP contribution in [0.3, 0.4) is 0 Å². The zero-order chi connectivity index (χ0) is 18.9. The van der Waals surface area contributed by atoms with Crippen molar-refractivity contribution in [1.29, 1.82) is 0 Å². The SMILES string of the molecule is O=c1[nH]c2ccccc2n1C1CCCCN1C1CCN(Cc2cnc[nH]2)CC1. The number of para-hydroxylation sites is 2. The Kier molecular flexibility index (Phi) is 4.78. The standard InChI is InChI=1S/C21H28N6O/c28-21-24-18-5-1-2-6-19(18)27(21)20-7-3-4-10-26(20)17-8-11-25(12-9-17)14-16-13-22-15-23-16/h1-2,5-6,13,15,17,20H,3-4,7-12,14H2,(H,22,23)(H,24,28). The molecular weight excluding hydrogens is 352 g/mol. The quantitative estimate of drug-likeness (QED) is 0.730. The molecule has 2 fully saturated rings. The summed E-state index contributed by atoms with van der Waals surface area (Å²) in [6.45, 7) is 4.21. The molecule has 7 nitrogen and oxygen atoms in total. The van der Waals surface area contributed by atoms with E-state index in [4.69, 9.17) is 0 Å². The molecule has 28 heavy (non-hydrogen) atoms. The van der Waals surface area contributed by atoms with Crippen LogP contribution in [0.4, 0.5) is 0 Å². The van der Waals surface area contributed by atoms with Crippen molar-refractivity contribution in [2.45, 2.75) is 50.9 Å². The lowest BCUT2D eigenvalue weighted by Gasteiger charge is -2.44. The van der Waals surface area contributed by atoms with Gasteiger partial charge in [0.1, 0.15) is 0 Å². The highest BCUT2D eigenvalue weighted by molar-refractivity contribution is 5.75. The first kappa shape index (κ1) is 17.7. The summed E-state index contributed by atoms with van der Waals surface area (Å²) < 4.78 is 2.01. The number of benzene rings is 1. The molecule has 1 aromatic carbocycles. The van der Waals surface area contributed by atoms with Crippen LogP contribution in [0.5, 0.6) is 0 Å². The lowest BCUT2D eigenvalue weighted by atomic mass is 9.97. The van der Waals surface area contributed by atoms with Crippen LogP contribution in [0, 0.1) is 0 Å². The third kappa shape index (κ3) is 3.29. The topological polar surface area (TPSA) is 73.0 Å². The average molecular weight is 380 g/mol. The molecule has 0 radical (unpaired) electrons. The lowest BCUT2D eigenvalue weighted by Crippen LogP contribution is -2.50. The second-order valence-electron chi connectivity index (χ2n) is 8.12. The highest BCUT2D eigenvalue weighted by Gasteiger charge is 2.33. The Labute approximate surface area is 164 Å². The summed E-state index contributed by atoms with van der Waals surface area (Å²) in [5.74, 6) is 0. The first-order valence-corrected chi connectivity index (χ1v) is 10.4. The molecule has 2 aliphatic rings. The van der Waals surface area contributed by atoms with Gasteiger partial charge in [-0.2, -0.15) is 0 Å². The number of nitrogens with one attached hydrogen (secondary N) is 2. The van der Waals surface area contributed by atoms with Crippen molar-refractivity contribution in [3.63, 3.8) is 0 Å². The Balaban J connectivity index is 1.34. The molecule has 4 heterocycles. The van der Waals surface area contributed by atoms with E-state index in [1.54, 1.807) is 6.33 Å². The molecule has 2 N–H and O–H groups in total. The molecule has 0 spiro atoms. The molecule has 148 valence electrons. The third-order valence-electron chi connectivity index (χ3n) is 6.41. The third-order valence-corrected chi connectivity index (χ3v) is 6.41. The maximum absolute atomic E-state index is 12.8. The summed E-state index contributed by atoms with van der Waals surface area (Å²) in [7, 11) is 0. The average Bonchev–Trinajstić information content (AvgIpc) is 3.35. The van der Waals surface area contributed by atoms with E-state index >= 15 is 0 Å². The van der Waals surface area contributed by atoms with Crippen LogP contribution in [-0.4, -0.2) is 55.0 Å². The molecule has 5 rings (SSSR count). The van der Waals surface area contributed by atoms with E-state index in [0.717, 1.165) is 56.5 Å². The molecule has 0 bridgehead atoms. The summed E-state index contributed by atoms with van der Waals surface area (Å²) in [5.41, 5.74) is 3.17. The lowest BCUT2D eigenvalue weighted by molar-refractivity contribution is 0.0170. The van der Waals surface area contributed by atoms with E-state index in [1.807, 2.05) is 29.0 Å². The molecule has 1 atom stereocenters. The molecule has 2 aliphatic heterocycles. The van der Waals surface area contributed by atoms with Gasteiger partial charge in [0.25, 0.3) is 0 Å². The molecule has 2 aromatic heterocycles. The van der Waals surface area contributed by atoms with Crippen LogP contribution in [0.2, 0.25) is 0 Å². The van der Waals surface area contributed by atoms with Gasteiger partial charge in [0, 0.05) is 44.1 Å². The number of H-pyrrole nitrogens is 2. The predicted octanol–water partition coefficient (Wildman–Crippen LogP) is 2.70. The molecule has 2 saturated heterocycles. The molecule has 0 aliphatic carbocycles. The minimum atomic E-state index is 0.0229. The number of nitrogens with zero attached hydrogens (tertiary/aromatic N) is 4. The van der Waals surface area contributed by atoms with Crippen molar-refractivity contribution < 1.29 is 0 Å². The number of imidazole rings is 2. The monoisotopic (exact) mass is 380 g/mol. The Morgan fingerprint density at radius 2 is 1.93 bits per heavy atom. The normalized spacial score (nSPS) is 22.8. The smallest absolute Gasteiger partial charge is 0.327 e. The zero-order valence-corrected chi connectivity index (χ0v) is 16.2. The first-order chi connectivity index (χ1) is 13.8. The summed E-state index contributed by atoms with van der Waals surface area (Å²) >= 11 is 0. The number of piperidine rings is 2. The number of aromatic amines is 2. The number of rotatable bonds is 4. The molecule has 0 amide bonds. The Morgan fingerprint density at radius 1 is 1.07 bits per heavy atom. The zero-order valence-electron chi connectivity index (χ0n) is 16.2. The van der Waals surface area contributed by atoms with Gasteiger partial charge in [0.15, 0.2) is 0 Å². The number of likely N-dealkylation sites (tertiary alicyclic amines) is 2. The van der Waals surface area contributed by atoms with Gasteiger partial charge < -0.3 is 9.97 Å². The summed E-state index contributed by atoms with van der Waals surface area (Å²) in [5, 5.41) is 0. The van der Waals surface area contributed by atoms with Gasteiger partial charge in [-0.1, -0.05) is 12.1 Å². The van der Waals surface area contributed by atoms with Crippen molar-refractivity contribution in [1.82, 2.24) is 29.3 Å². The fraction of sp³-hybridized carbons (Fsp3) is 0.524. The van der Waals surface area contributed by atoms with E-state index in [-0.39, 0.29) is 11.9 Å². The van der Waals surface area contributed by atoms with Gasteiger partial charge in [-0.3, -0.25) is 14.4 Å². The van der Waals surface area contributed by atoms with Crippen LogP contribution in [0.1, 0.15) is 44.0 Å². The first-order valence-electron chi connectivity index (χ1n) is 10.4.